The zero-order valence-electron chi connectivity index (χ0n) is 22.1. The van der Waals surface area contributed by atoms with Crippen molar-refractivity contribution in [2.45, 2.75) is 97.3 Å². The van der Waals surface area contributed by atoms with Crippen LogP contribution in [0.25, 0.3) is 11.3 Å². The van der Waals surface area contributed by atoms with E-state index < -0.39 is 0 Å². The second-order valence-electron chi connectivity index (χ2n) is 9.82. The summed E-state index contributed by atoms with van der Waals surface area (Å²) in [6.45, 7) is 5.34. The Labute approximate surface area is 214 Å². The van der Waals surface area contributed by atoms with E-state index in [0.717, 1.165) is 43.7 Å². The largest absolute Gasteiger partial charge is 0.494 e. The normalized spacial score (nSPS) is 11.0. The number of aromatic nitrogens is 1. The monoisotopic (exact) mass is 471 g/mol. The number of rotatable bonds is 17. The van der Waals surface area contributed by atoms with Crippen LogP contribution >= 0.6 is 0 Å². The Kier molecular flexibility index (Phi) is 12.4. The van der Waals surface area contributed by atoms with E-state index in [1.807, 2.05) is 0 Å². The molecule has 0 unspecified atom stereocenters. The minimum Gasteiger partial charge on any atom is -0.494 e. The molecule has 1 heterocycles. The van der Waals surface area contributed by atoms with Gasteiger partial charge in [0.1, 0.15) is 5.75 Å². The summed E-state index contributed by atoms with van der Waals surface area (Å²) in [5.74, 6) is 0.989. The van der Waals surface area contributed by atoms with Crippen molar-refractivity contribution < 1.29 is 4.74 Å². The number of hydrogen-bond acceptors (Lipinski definition) is 2. The van der Waals surface area contributed by atoms with Crippen LogP contribution in [0.5, 0.6) is 5.75 Å². The number of nitrogens with zero attached hydrogens (tertiary/aromatic N) is 1. The van der Waals surface area contributed by atoms with Crippen molar-refractivity contribution >= 4 is 0 Å². The maximum Gasteiger partial charge on any atom is 0.119 e. The minimum absolute atomic E-state index is 0.825. The summed E-state index contributed by atoms with van der Waals surface area (Å²) in [7, 11) is 0. The van der Waals surface area contributed by atoms with Crippen LogP contribution < -0.4 is 4.74 Å². The molecule has 0 aliphatic carbocycles. The molecule has 0 aliphatic heterocycles. The highest BCUT2D eigenvalue weighted by atomic mass is 16.5. The highest BCUT2D eigenvalue weighted by Gasteiger charge is 2.03. The lowest BCUT2D eigenvalue weighted by Crippen LogP contribution is -1.98. The molecule has 2 aromatic carbocycles. The lowest BCUT2D eigenvalue weighted by atomic mass is 10.0. The average Bonchev–Trinajstić information content (AvgIpc) is 2.91. The summed E-state index contributed by atoms with van der Waals surface area (Å²) >= 11 is 0. The molecule has 0 saturated carbocycles. The third-order valence-electron chi connectivity index (χ3n) is 6.79. The van der Waals surface area contributed by atoms with Crippen molar-refractivity contribution in [2.75, 3.05) is 6.61 Å². The van der Waals surface area contributed by atoms with Crippen LogP contribution in [0.3, 0.4) is 0 Å². The van der Waals surface area contributed by atoms with Crippen molar-refractivity contribution in [1.29, 1.82) is 0 Å². The maximum absolute atomic E-state index is 5.89. The Hall–Kier alpha value is -2.61. The second-order valence-corrected chi connectivity index (χ2v) is 9.82. The van der Waals surface area contributed by atoms with Gasteiger partial charge in [0.2, 0.25) is 0 Å². The molecule has 0 radical (unpaired) electrons. The Bertz CT molecular complexity index is 928. The van der Waals surface area contributed by atoms with Crippen LogP contribution in [-0.4, -0.2) is 11.6 Å². The number of hydrogen-bond donors (Lipinski definition) is 0. The van der Waals surface area contributed by atoms with Gasteiger partial charge in [0, 0.05) is 11.8 Å². The van der Waals surface area contributed by atoms with E-state index >= 15 is 0 Å². The second kappa shape index (κ2) is 16.1. The third kappa shape index (κ3) is 10.3. The van der Waals surface area contributed by atoms with E-state index in [1.54, 1.807) is 0 Å². The van der Waals surface area contributed by atoms with E-state index in [0.29, 0.717) is 0 Å². The molecule has 3 aromatic rings. The fourth-order valence-electron chi connectivity index (χ4n) is 4.45. The molecular weight excluding hydrogens is 426 g/mol. The molecule has 0 amide bonds. The molecule has 0 N–H and O–H groups in total. The molecule has 0 bridgehead atoms. The van der Waals surface area contributed by atoms with Gasteiger partial charge in [-0.15, -0.1) is 0 Å². The van der Waals surface area contributed by atoms with Gasteiger partial charge in [0.05, 0.1) is 12.3 Å². The van der Waals surface area contributed by atoms with E-state index in [2.05, 4.69) is 80.7 Å². The molecule has 188 valence electrons. The predicted octanol–water partition coefficient (Wildman–Crippen LogP) is 9.40. The fourth-order valence-corrected chi connectivity index (χ4v) is 4.45. The van der Waals surface area contributed by atoms with Gasteiger partial charge in [-0.25, -0.2) is 0 Å². The van der Waals surface area contributed by atoms with Gasteiger partial charge in [-0.1, -0.05) is 108 Å². The van der Waals surface area contributed by atoms with Crippen molar-refractivity contribution in [1.82, 2.24) is 4.98 Å². The molecule has 0 aliphatic rings. The Morgan fingerprint density at radius 2 is 1.11 bits per heavy atom. The van der Waals surface area contributed by atoms with Gasteiger partial charge in [-0.05, 0) is 67.0 Å². The van der Waals surface area contributed by atoms with Crippen LogP contribution in [0.15, 0.2) is 66.9 Å². The van der Waals surface area contributed by atoms with Gasteiger partial charge in [-0.2, -0.15) is 0 Å². The first-order valence-corrected chi connectivity index (χ1v) is 14.0. The number of benzene rings is 2. The van der Waals surface area contributed by atoms with Crippen LogP contribution in [0.1, 0.15) is 94.7 Å². The lowest BCUT2D eigenvalue weighted by molar-refractivity contribution is 0.304. The molecule has 0 fully saturated rings. The molecule has 1 aromatic heterocycles. The number of aryl methyl sites for hydroxylation is 3. The summed E-state index contributed by atoms with van der Waals surface area (Å²) in [6.07, 6.45) is 18.3. The van der Waals surface area contributed by atoms with Crippen molar-refractivity contribution in [3.05, 3.63) is 83.6 Å². The molecule has 3 rings (SSSR count). The first-order chi connectivity index (χ1) is 17.3. The zero-order chi connectivity index (χ0) is 24.6. The number of pyridine rings is 1. The van der Waals surface area contributed by atoms with E-state index in [1.165, 1.54) is 80.0 Å². The summed E-state index contributed by atoms with van der Waals surface area (Å²) in [6, 6.07) is 22.0. The van der Waals surface area contributed by atoms with Gasteiger partial charge in [-0.3, -0.25) is 4.98 Å². The highest BCUT2D eigenvalue weighted by molar-refractivity contribution is 5.59. The Balaban J connectivity index is 1.39. The van der Waals surface area contributed by atoms with E-state index in [-0.39, 0.29) is 0 Å². The number of ether oxygens (including phenoxy) is 1. The quantitative estimate of drug-likeness (QED) is 0.183. The molecule has 0 spiro atoms. The summed E-state index contributed by atoms with van der Waals surface area (Å²) < 4.78 is 5.89. The van der Waals surface area contributed by atoms with Crippen LogP contribution in [0.4, 0.5) is 0 Å². The van der Waals surface area contributed by atoms with Gasteiger partial charge in [0.25, 0.3) is 0 Å². The van der Waals surface area contributed by atoms with Crippen molar-refractivity contribution in [3.63, 3.8) is 0 Å². The summed E-state index contributed by atoms with van der Waals surface area (Å²) in [5, 5.41) is 0. The topological polar surface area (TPSA) is 22.1 Å². The van der Waals surface area contributed by atoms with Gasteiger partial charge in [0.15, 0.2) is 0 Å². The molecule has 0 atom stereocenters. The average molecular weight is 472 g/mol. The first kappa shape index (κ1) is 27.0. The minimum atomic E-state index is 0.825. The third-order valence-corrected chi connectivity index (χ3v) is 6.79. The van der Waals surface area contributed by atoms with Gasteiger partial charge >= 0.3 is 0 Å². The SMILES string of the molecule is CCCCCCCOc1ccc(CCc2ccc(-c3ccc(CCCCCCC)cn3)cc2)cc1. The molecular formula is C33H45NO. The Morgan fingerprint density at radius 3 is 1.71 bits per heavy atom. The van der Waals surface area contributed by atoms with Crippen LogP contribution in [0, 0.1) is 0 Å². The van der Waals surface area contributed by atoms with Crippen LogP contribution in [-0.2, 0) is 19.3 Å². The first-order valence-electron chi connectivity index (χ1n) is 14.0. The fraction of sp³-hybridized carbons (Fsp3) is 0.485. The molecule has 0 saturated heterocycles. The van der Waals surface area contributed by atoms with Crippen LogP contribution in [0.2, 0.25) is 0 Å². The highest BCUT2D eigenvalue weighted by Crippen LogP contribution is 2.20. The predicted molar refractivity (Wildman–Crippen MR) is 150 cm³/mol. The summed E-state index contributed by atoms with van der Waals surface area (Å²) in [4.78, 5) is 4.72. The summed E-state index contributed by atoms with van der Waals surface area (Å²) in [5.41, 5.74) is 6.33. The number of unbranched alkanes of at least 4 members (excludes halogenated alkanes) is 8. The smallest absolute Gasteiger partial charge is 0.119 e. The van der Waals surface area contributed by atoms with Gasteiger partial charge < -0.3 is 4.74 Å². The lowest BCUT2D eigenvalue weighted by Gasteiger charge is -2.08. The van der Waals surface area contributed by atoms with E-state index in [9.17, 15) is 0 Å². The zero-order valence-corrected chi connectivity index (χ0v) is 22.1. The van der Waals surface area contributed by atoms with Crippen molar-refractivity contribution in [3.8, 4) is 17.0 Å². The maximum atomic E-state index is 5.89. The van der Waals surface area contributed by atoms with Crippen molar-refractivity contribution in [2.24, 2.45) is 0 Å². The molecule has 2 nitrogen and oxygen atoms in total. The molecule has 2 heteroatoms. The van der Waals surface area contributed by atoms with E-state index in [4.69, 9.17) is 9.72 Å². The molecule has 35 heavy (non-hydrogen) atoms. The Morgan fingerprint density at radius 1 is 0.543 bits per heavy atom. The standard InChI is InChI=1S/C33H45NO/c1-3-5-7-9-11-13-30-20-25-33(34-27-30)31-21-16-28(17-22-31)14-15-29-18-23-32(24-19-29)35-26-12-10-8-6-4-2/h16-25,27H,3-15,26H2,1-2H3.